The lowest BCUT2D eigenvalue weighted by atomic mass is 10.2. The molecule has 0 aromatic carbocycles. The number of furan rings is 1. The van der Waals surface area contributed by atoms with E-state index in [0.29, 0.717) is 6.04 Å². The van der Waals surface area contributed by atoms with Crippen LogP contribution in [0.25, 0.3) is 0 Å². The number of rotatable bonds is 4. The second kappa shape index (κ2) is 3.54. The first-order chi connectivity index (χ1) is 6.27. The molecule has 1 fully saturated rings. The Kier molecular flexibility index (Phi) is 2.40. The van der Waals surface area contributed by atoms with Crippen LogP contribution in [0.4, 0.5) is 0 Å². The van der Waals surface area contributed by atoms with Gasteiger partial charge in [-0.15, -0.1) is 0 Å². The van der Waals surface area contributed by atoms with Crippen LogP contribution in [0.5, 0.6) is 0 Å². The first kappa shape index (κ1) is 8.82. The molecule has 13 heavy (non-hydrogen) atoms. The summed E-state index contributed by atoms with van der Waals surface area (Å²) in [5, 5.41) is 3.52. The molecule has 2 nitrogen and oxygen atoms in total. The highest BCUT2D eigenvalue weighted by Gasteiger charge is 2.32. The van der Waals surface area contributed by atoms with Gasteiger partial charge in [0.1, 0.15) is 0 Å². The third-order valence-electron chi connectivity index (χ3n) is 3.01. The minimum absolute atomic E-state index is 0.423. The SMILES string of the molecule is CC(NCC1CC1C)c1ccoc1. The molecule has 1 N–H and O–H groups in total. The minimum atomic E-state index is 0.423. The molecule has 2 heteroatoms. The van der Waals surface area contributed by atoms with Crippen molar-refractivity contribution < 1.29 is 4.42 Å². The van der Waals surface area contributed by atoms with Gasteiger partial charge >= 0.3 is 0 Å². The van der Waals surface area contributed by atoms with E-state index in [2.05, 4.69) is 19.2 Å². The van der Waals surface area contributed by atoms with Crippen LogP contribution in [0.3, 0.4) is 0 Å². The van der Waals surface area contributed by atoms with Gasteiger partial charge in [-0.05, 0) is 37.8 Å². The van der Waals surface area contributed by atoms with Crippen molar-refractivity contribution in [2.45, 2.75) is 26.3 Å². The maximum absolute atomic E-state index is 5.04. The molecule has 1 saturated carbocycles. The molecule has 1 aromatic heterocycles. The summed E-state index contributed by atoms with van der Waals surface area (Å²) in [6.07, 6.45) is 4.94. The maximum atomic E-state index is 5.04. The average Bonchev–Trinajstić information content (AvgIpc) is 2.67. The summed E-state index contributed by atoms with van der Waals surface area (Å²) >= 11 is 0. The van der Waals surface area contributed by atoms with Crippen LogP contribution in [-0.4, -0.2) is 6.54 Å². The third-order valence-corrected chi connectivity index (χ3v) is 3.01. The van der Waals surface area contributed by atoms with Crippen molar-refractivity contribution in [2.24, 2.45) is 11.8 Å². The zero-order chi connectivity index (χ0) is 9.26. The van der Waals surface area contributed by atoms with E-state index in [1.165, 1.54) is 12.0 Å². The molecule has 0 aliphatic heterocycles. The van der Waals surface area contributed by atoms with E-state index in [1.54, 1.807) is 6.26 Å². The van der Waals surface area contributed by atoms with Crippen LogP contribution in [0.15, 0.2) is 23.0 Å². The number of hydrogen-bond acceptors (Lipinski definition) is 2. The fraction of sp³-hybridized carbons (Fsp3) is 0.636. The second-order valence-corrected chi connectivity index (χ2v) is 4.16. The summed E-state index contributed by atoms with van der Waals surface area (Å²) in [5.74, 6) is 1.85. The van der Waals surface area contributed by atoms with Crippen LogP contribution >= 0.6 is 0 Å². The molecule has 0 amide bonds. The Morgan fingerprint density at radius 3 is 3.00 bits per heavy atom. The summed E-state index contributed by atoms with van der Waals surface area (Å²) in [5.41, 5.74) is 1.24. The van der Waals surface area contributed by atoms with Gasteiger partial charge in [-0.3, -0.25) is 0 Å². The lowest BCUT2D eigenvalue weighted by Crippen LogP contribution is -2.21. The van der Waals surface area contributed by atoms with Crippen molar-refractivity contribution >= 4 is 0 Å². The molecule has 72 valence electrons. The fourth-order valence-electron chi connectivity index (χ4n) is 1.65. The van der Waals surface area contributed by atoms with Gasteiger partial charge in [-0.25, -0.2) is 0 Å². The van der Waals surface area contributed by atoms with Gasteiger partial charge in [0.15, 0.2) is 0 Å². The van der Waals surface area contributed by atoms with Gasteiger partial charge in [0.2, 0.25) is 0 Å². The number of hydrogen-bond donors (Lipinski definition) is 1. The first-order valence-electron chi connectivity index (χ1n) is 5.03. The van der Waals surface area contributed by atoms with Crippen LogP contribution in [0.2, 0.25) is 0 Å². The summed E-state index contributed by atoms with van der Waals surface area (Å²) in [6, 6.07) is 2.44. The molecule has 1 aromatic rings. The Morgan fingerprint density at radius 1 is 1.69 bits per heavy atom. The topological polar surface area (TPSA) is 25.2 Å². The molecular weight excluding hydrogens is 162 g/mol. The lowest BCUT2D eigenvalue weighted by molar-refractivity contribution is 0.519. The molecular formula is C11H17NO. The minimum Gasteiger partial charge on any atom is -0.472 e. The smallest absolute Gasteiger partial charge is 0.0950 e. The summed E-state index contributed by atoms with van der Waals surface area (Å²) in [4.78, 5) is 0. The molecule has 0 bridgehead atoms. The van der Waals surface area contributed by atoms with E-state index in [9.17, 15) is 0 Å². The molecule has 0 radical (unpaired) electrons. The molecule has 1 heterocycles. The van der Waals surface area contributed by atoms with Crippen molar-refractivity contribution in [1.29, 1.82) is 0 Å². The van der Waals surface area contributed by atoms with E-state index in [-0.39, 0.29) is 0 Å². The Bertz CT molecular complexity index is 255. The first-order valence-corrected chi connectivity index (χ1v) is 5.03. The van der Waals surface area contributed by atoms with Crippen molar-refractivity contribution in [2.75, 3.05) is 6.54 Å². The Morgan fingerprint density at radius 2 is 2.46 bits per heavy atom. The normalized spacial score (nSPS) is 28.8. The maximum Gasteiger partial charge on any atom is 0.0950 e. The van der Waals surface area contributed by atoms with Crippen molar-refractivity contribution in [3.8, 4) is 0 Å². The standard InChI is InChI=1S/C11H17NO/c1-8-5-11(8)6-12-9(2)10-3-4-13-7-10/h3-4,7-9,11-12H,5-6H2,1-2H3. The lowest BCUT2D eigenvalue weighted by Gasteiger charge is -2.10. The molecule has 1 aliphatic rings. The highest BCUT2D eigenvalue weighted by Crippen LogP contribution is 2.37. The largest absolute Gasteiger partial charge is 0.472 e. The van der Waals surface area contributed by atoms with E-state index >= 15 is 0 Å². The van der Waals surface area contributed by atoms with Crippen molar-refractivity contribution in [3.05, 3.63) is 24.2 Å². The van der Waals surface area contributed by atoms with Crippen LogP contribution in [0, 0.1) is 11.8 Å². The number of nitrogens with one attached hydrogen (secondary N) is 1. The van der Waals surface area contributed by atoms with Crippen LogP contribution in [0.1, 0.15) is 31.9 Å². The highest BCUT2D eigenvalue weighted by atomic mass is 16.3. The van der Waals surface area contributed by atoms with E-state index in [1.807, 2.05) is 12.3 Å². The van der Waals surface area contributed by atoms with Gasteiger partial charge in [-0.1, -0.05) is 6.92 Å². The van der Waals surface area contributed by atoms with Gasteiger partial charge in [0, 0.05) is 11.6 Å². The zero-order valence-electron chi connectivity index (χ0n) is 8.29. The summed E-state index contributed by atoms with van der Waals surface area (Å²) < 4.78 is 5.04. The van der Waals surface area contributed by atoms with Gasteiger partial charge in [0.05, 0.1) is 12.5 Å². The predicted molar refractivity (Wildman–Crippen MR) is 52.4 cm³/mol. The molecule has 3 unspecified atom stereocenters. The molecule has 0 saturated heterocycles. The van der Waals surface area contributed by atoms with Crippen molar-refractivity contribution in [3.63, 3.8) is 0 Å². The Hall–Kier alpha value is -0.760. The van der Waals surface area contributed by atoms with Crippen LogP contribution < -0.4 is 5.32 Å². The average molecular weight is 179 g/mol. The molecule has 1 aliphatic carbocycles. The summed E-state index contributed by atoms with van der Waals surface area (Å²) in [7, 11) is 0. The van der Waals surface area contributed by atoms with Gasteiger partial charge in [-0.2, -0.15) is 0 Å². The van der Waals surface area contributed by atoms with E-state index < -0.39 is 0 Å². The fourth-order valence-corrected chi connectivity index (χ4v) is 1.65. The van der Waals surface area contributed by atoms with Gasteiger partial charge in [0.25, 0.3) is 0 Å². The molecule has 3 atom stereocenters. The monoisotopic (exact) mass is 179 g/mol. The predicted octanol–water partition coefficient (Wildman–Crippen LogP) is 2.59. The molecule has 2 rings (SSSR count). The zero-order valence-corrected chi connectivity index (χ0v) is 8.29. The third kappa shape index (κ3) is 2.13. The van der Waals surface area contributed by atoms with Crippen molar-refractivity contribution in [1.82, 2.24) is 5.32 Å². The van der Waals surface area contributed by atoms with E-state index in [4.69, 9.17) is 4.42 Å². The molecule has 0 spiro atoms. The second-order valence-electron chi connectivity index (χ2n) is 4.16. The van der Waals surface area contributed by atoms with Gasteiger partial charge < -0.3 is 9.73 Å². The highest BCUT2D eigenvalue weighted by molar-refractivity contribution is 5.10. The quantitative estimate of drug-likeness (QED) is 0.768. The summed E-state index contributed by atoms with van der Waals surface area (Å²) in [6.45, 7) is 5.64. The van der Waals surface area contributed by atoms with E-state index in [0.717, 1.165) is 18.4 Å². The Balaban J connectivity index is 1.76. The Labute approximate surface area is 79.3 Å². The van der Waals surface area contributed by atoms with Crippen LogP contribution in [-0.2, 0) is 0 Å².